The van der Waals surface area contributed by atoms with Crippen LogP contribution in [0.5, 0.6) is 0 Å². The number of rotatable bonds is 6. The molecule has 0 fully saturated rings. The predicted octanol–water partition coefficient (Wildman–Crippen LogP) is 3.45. The smallest absolute Gasteiger partial charge is 0.338 e. The molecule has 0 aliphatic rings. The number of aromatic amines is 1. The van der Waals surface area contributed by atoms with E-state index in [2.05, 4.69) is 10.1 Å². The van der Waals surface area contributed by atoms with Crippen molar-refractivity contribution in [2.45, 2.75) is 33.8 Å². The molecule has 7 heteroatoms. The molecule has 0 saturated heterocycles. The number of ether oxygens (including phenoxy) is 1. The van der Waals surface area contributed by atoms with Crippen LogP contribution >= 0.6 is 0 Å². The molecular formula is C21H21N3O4. The van der Waals surface area contributed by atoms with Gasteiger partial charge < -0.3 is 9.72 Å². The molecule has 144 valence electrons. The van der Waals surface area contributed by atoms with Crippen molar-refractivity contribution >= 4 is 17.5 Å². The Morgan fingerprint density at radius 3 is 2.36 bits per heavy atom. The maximum Gasteiger partial charge on any atom is 0.338 e. The number of nitrogens with zero attached hydrogens (tertiary/aromatic N) is 2. The van der Waals surface area contributed by atoms with E-state index in [0.717, 1.165) is 5.69 Å². The Labute approximate surface area is 162 Å². The van der Waals surface area contributed by atoms with Crippen LogP contribution in [0.15, 0.2) is 42.7 Å². The highest BCUT2D eigenvalue weighted by Crippen LogP contribution is 2.21. The molecule has 0 spiro atoms. The van der Waals surface area contributed by atoms with Gasteiger partial charge in [0.25, 0.3) is 0 Å². The highest BCUT2D eigenvalue weighted by Gasteiger charge is 2.26. The number of ketones is 2. The molecular weight excluding hydrogens is 358 g/mol. The molecule has 0 saturated carbocycles. The van der Waals surface area contributed by atoms with Gasteiger partial charge in [-0.15, -0.1) is 0 Å². The Bertz CT molecular complexity index is 1030. The van der Waals surface area contributed by atoms with Gasteiger partial charge in [0.1, 0.15) is 0 Å². The summed E-state index contributed by atoms with van der Waals surface area (Å²) in [5.41, 5.74) is 3.12. The predicted molar refractivity (Wildman–Crippen MR) is 103 cm³/mol. The fourth-order valence-corrected chi connectivity index (χ4v) is 3.18. The topological polar surface area (TPSA) is 94.0 Å². The number of esters is 1. The lowest BCUT2D eigenvalue weighted by Crippen LogP contribution is -2.25. The molecule has 0 amide bonds. The third-order valence-corrected chi connectivity index (χ3v) is 4.56. The highest BCUT2D eigenvalue weighted by atomic mass is 16.5. The number of nitrogens with one attached hydrogen (secondary N) is 1. The second kappa shape index (κ2) is 7.64. The largest absolute Gasteiger partial charge is 0.451 e. The van der Waals surface area contributed by atoms with Crippen LogP contribution < -0.4 is 0 Å². The average molecular weight is 379 g/mol. The van der Waals surface area contributed by atoms with E-state index in [0.29, 0.717) is 22.4 Å². The normalized spacial score (nSPS) is 11.9. The number of benzene rings is 1. The molecule has 0 bridgehead atoms. The number of carbonyl (C=O) groups is 3. The van der Waals surface area contributed by atoms with Crippen molar-refractivity contribution in [2.24, 2.45) is 0 Å². The van der Waals surface area contributed by atoms with Crippen LogP contribution in [0.2, 0.25) is 0 Å². The summed E-state index contributed by atoms with van der Waals surface area (Å²) in [6.07, 6.45) is 2.47. The quantitative estimate of drug-likeness (QED) is 0.523. The molecule has 2 heterocycles. The summed E-state index contributed by atoms with van der Waals surface area (Å²) in [5, 5.41) is 4.12. The Hall–Kier alpha value is -3.48. The van der Waals surface area contributed by atoms with E-state index in [1.165, 1.54) is 13.8 Å². The van der Waals surface area contributed by atoms with Crippen molar-refractivity contribution in [2.75, 3.05) is 0 Å². The van der Waals surface area contributed by atoms with Gasteiger partial charge in [0.2, 0.25) is 5.78 Å². The van der Waals surface area contributed by atoms with E-state index in [9.17, 15) is 14.4 Å². The Kier molecular flexibility index (Phi) is 5.26. The zero-order valence-electron chi connectivity index (χ0n) is 16.1. The zero-order chi connectivity index (χ0) is 20.4. The van der Waals surface area contributed by atoms with Crippen LogP contribution in [0.4, 0.5) is 0 Å². The molecule has 0 unspecified atom stereocenters. The first-order chi connectivity index (χ1) is 13.3. The van der Waals surface area contributed by atoms with Crippen molar-refractivity contribution in [3.8, 4) is 5.69 Å². The molecule has 3 rings (SSSR count). The van der Waals surface area contributed by atoms with Crippen molar-refractivity contribution in [1.82, 2.24) is 14.8 Å². The SMILES string of the molecule is CC(=O)c1c(C)[nH]c(C(=O)[C@@H](C)OC(=O)c2ccc(-n3cccn3)cc2)c1C. The van der Waals surface area contributed by atoms with Gasteiger partial charge in [-0.05, 0) is 63.6 Å². The molecule has 28 heavy (non-hydrogen) atoms. The fraction of sp³-hybridized carbons (Fsp3) is 0.238. The van der Waals surface area contributed by atoms with Gasteiger partial charge in [0.05, 0.1) is 16.9 Å². The van der Waals surface area contributed by atoms with E-state index in [1.807, 2.05) is 0 Å². The lowest BCUT2D eigenvalue weighted by atomic mass is 10.0. The molecule has 1 atom stereocenters. The molecule has 1 aromatic carbocycles. The van der Waals surface area contributed by atoms with Gasteiger partial charge in [-0.2, -0.15) is 5.10 Å². The summed E-state index contributed by atoms with van der Waals surface area (Å²) < 4.78 is 7.00. The maximum atomic E-state index is 12.7. The van der Waals surface area contributed by atoms with Crippen molar-refractivity contribution in [3.05, 3.63) is 70.8 Å². The van der Waals surface area contributed by atoms with Crippen LogP contribution in [0.25, 0.3) is 5.69 Å². The number of aryl methyl sites for hydroxylation is 1. The Balaban J connectivity index is 1.73. The number of Topliss-reactive ketones (excluding diaryl/α,β-unsaturated/α-hetero) is 2. The first-order valence-corrected chi connectivity index (χ1v) is 8.85. The molecule has 2 aromatic heterocycles. The number of hydrogen-bond acceptors (Lipinski definition) is 5. The van der Waals surface area contributed by atoms with E-state index in [-0.39, 0.29) is 17.3 Å². The van der Waals surface area contributed by atoms with E-state index in [4.69, 9.17) is 4.74 Å². The van der Waals surface area contributed by atoms with Crippen LogP contribution in [0.3, 0.4) is 0 Å². The third-order valence-electron chi connectivity index (χ3n) is 4.56. The molecule has 1 N–H and O–H groups in total. The number of H-pyrrole nitrogens is 1. The second-order valence-electron chi connectivity index (χ2n) is 6.59. The number of hydrogen-bond donors (Lipinski definition) is 1. The van der Waals surface area contributed by atoms with Crippen molar-refractivity contribution in [1.29, 1.82) is 0 Å². The fourth-order valence-electron chi connectivity index (χ4n) is 3.18. The molecule has 0 aliphatic carbocycles. The summed E-state index contributed by atoms with van der Waals surface area (Å²) in [6, 6.07) is 8.53. The number of aromatic nitrogens is 3. The van der Waals surface area contributed by atoms with Gasteiger partial charge in [-0.1, -0.05) is 0 Å². The van der Waals surface area contributed by atoms with Crippen molar-refractivity contribution in [3.63, 3.8) is 0 Å². The number of carbonyl (C=O) groups excluding carboxylic acids is 3. The molecule has 3 aromatic rings. The van der Waals surface area contributed by atoms with Crippen molar-refractivity contribution < 1.29 is 19.1 Å². The first-order valence-electron chi connectivity index (χ1n) is 8.85. The first kappa shape index (κ1) is 19.3. The summed E-state index contributed by atoms with van der Waals surface area (Å²) in [6.45, 7) is 6.41. The van der Waals surface area contributed by atoms with Gasteiger partial charge in [-0.3, -0.25) is 9.59 Å². The average Bonchev–Trinajstić information content (AvgIpc) is 3.29. The molecule has 0 radical (unpaired) electrons. The Morgan fingerprint density at radius 1 is 1.14 bits per heavy atom. The second-order valence-corrected chi connectivity index (χ2v) is 6.59. The van der Waals surface area contributed by atoms with E-state index in [1.54, 1.807) is 61.3 Å². The minimum atomic E-state index is -0.991. The van der Waals surface area contributed by atoms with Crippen LogP contribution in [-0.4, -0.2) is 38.4 Å². The summed E-state index contributed by atoms with van der Waals surface area (Å²) >= 11 is 0. The monoisotopic (exact) mass is 379 g/mol. The van der Waals surface area contributed by atoms with Gasteiger partial charge in [0, 0.05) is 23.7 Å². The van der Waals surface area contributed by atoms with E-state index >= 15 is 0 Å². The van der Waals surface area contributed by atoms with Crippen LogP contribution in [-0.2, 0) is 4.74 Å². The lowest BCUT2D eigenvalue weighted by Gasteiger charge is -2.12. The molecule has 7 nitrogen and oxygen atoms in total. The molecule has 0 aliphatic heterocycles. The summed E-state index contributed by atoms with van der Waals surface area (Å²) in [4.78, 5) is 39.8. The zero-order valence-corrected chi connectivity index (χ0v) is 16.1. The van der Waals surface area contributed by atoms with Crippen LogP contribution in [0, 0.1) is 13.8 Å². The van der Waals surface area contributed by atoms with E-state index < -0.39 is 12.1 Å². The third kappa shape index (κ3) is 3.64. The summed E-state index contributed by atoms with van der Waals surface area (Å²) in [5.74, 6) is -1.09. The standard InChI is InChI=1S/C21H21N3O4/c1-12-18(14(3)25)13(2)23-19(12)20(26)15(4)28-21(27)16-6-8-17(9-7-16)24-11-5-10-22-24/h5-11,15,23H,1-4H3/t15-/m1/s1. The van der Waals surface area contributed by atoms with Crippen LogP contribution in [0.1, 0.15) is 56.3 Å². The minimum Gasteiger partial charge on any atom is -0.451 e. The highest BCUT2D eigenvalue weighted by molar-refractivity contribution is 6.05. The van der Waals surface area contributed by atoms with Gasteiger partial charge in [0.15, 0.2) is 11.9 Å². The lowest BCUT2D eigenvalue weighted by molar-refractivity contribution is 0.0317. The maximum absolute atomic E-state index is 12.7. The van der Waals surface area contributed by atoms with Gasteiger partial charge in [-0.25, -0.2) is 9.48 Å². The minimum absolute atomic E-state index is 0.118. The Morgan fingerprint density at radius 2 is 1.82 bits per heavy atom. The van der Waals surface area contributed by atoms with Gasteiger partial charge >= 0.3 is 5.97 Å². The summed E-state index contributed by atoms with van der Waals surface area (Å²) in [7, 11) is 0.